The molecule has 6 heteroatoms. The van der Waals surface area contributed by atoms with Crippen molar-refractivity contribution in [2.24, 2.45) is 9.98 Å². The zero-order valence-electron chi connectivity index (χ0n) is 10.9. The third-order valence-electron chi connectivity index (χ3n) is 3.72. The van der Waals surface area contributed by atoms with Crippen LogP contribution in [0.25, 0.3) is 21.5 Å². The van der Waals surface area contributed by atoms with Gasteiger partial charge in [-0.3, -0.25) is 15.0 Å². The van der Waals surface area contributed by atoms with Crippen molar-refractivity contribution in [3.8, 4) is 17.2 Å². The molecule has 0 amide bonds. The second kappa shape index (κ2) is 4.05. The SMILES string of the molecule is Oc1cc2c(c3c(O)c4ccncc4c(O)c13)=NCCN=2. The summed E-state index contributed by atoms with van der Waals surface area (Å²) in [6, 6.07) is 3.07. The lowest BCUT2D eigenvalue weighted by Gasteiger charge is -2.12. The highest BCUT2D eigenvalue weighted by atomic mass is 16.3. The largest absolute Gasteiger partial charge is 0.507 e. The number of hydrogen-bond acceptors (Lipinski definition) is 6. The molecule has 0 aliphatic carbocycles. The highest BCUT2D eigenvalue weighted by molar-refractivity contribution is 6.12. The number of hydrogen-bond donors (Lipinski definition) is 3. The van der Waals surface area contributed by atoms with Crippen molar-refractivity contribution in [3.63, 3.8) is 0 Å². The van der Waals surface area contributed by atoms with Crippen LogP contribution in [0.3, 0.4) is 0 Å². The van der Waals surface area contributed by atoms with E-state index in [9.17, 15) is 15.3 Å². The van der Waals surface area contributed by atoms with Gasteiger partial charge in [0.1, 0.15) is 17.2 Å². The third kappa shape index (κ3) is 1.50. The Morgan fingerprint density at radius 3 is 2.52 bits per heavy atom. The van der Waals surface area contributed by atoms with Gasteiger partial charge >= 0.3 is 0 Å². The number of aromatic nitrogens is 1. The van der Waals surface area contributed by atoms with Crippen molar-refractivity contribution in [2.75, 3.05) is 13.1 Å². The fourth-order valence-corrected chi connectivity index (χ4v) is 2.79. The van der Waals surface area contributed by atoms with E-state index in [0.717, 1.165) is 0 Å². The van der Waals surface area contributed by atoms with Crippen molar-refractivity contribution in [1.82, 2.24) is 4.98 Å². The van der Waals surface area contributed by atoms with E-state index >= 15 is 0 Å². The maximum Gasteiger partial charge on any atom is 0.136 e. The third-order valence-corrected chi connectivity index (χ3v) is 3.72. The van der Waals surface area contributed by atoms with Crippen LogP contribution >= 0.6 is 0 Å². The minimum Gasteiger partial charge on any atom is -0.507 e. The monoisotopic (exact) mass is 281 g/mol. The Labute approximate surface area is 118 Å². The molecule has 0 fully saturated rings. The zero-order chi connectivity index (χ0) is 14.6. The van der Waals surface area contributed by atoms with Crippen molar-refractivity contribution >= 4 is 21.5 Å². The number of pyridine rings is 1. The van der Waals surface area contributed by atoms with E-state index < -0.39 is 0 Å². The van der Waals surface area contributed by atoms with Crippen LogP contribution in [0.1, 0.15) is 0 Å². The van der Waals surface area contributed by atoms with Gasteiger partial charge in [0, 0.05) is 29.2 Å². The van der Waals surface area contributed by atoms with Gasteiger partial charge in [-0.05, 0) is 6.07 Å². The molecule has 0 saturated heterocycles. The summed E-state index contributed by atoms with van der Waals surface area (Å²) >= 11 is 0. The van der Waals surface area contributed by atoms with E-state index in [2.05, 4.69) is 15.0 Å². The summed E-state index contributed by atoms with van der Waals surface area (Å²) in [6.45, 7) is 1.06. The first-order valence-corrected chi connectivity index (χ1v) is 6.50. The normalized spacial score (nSPS) is 13.7. The molecule has 0 unspecified atom stereocenters. The van der Waals surface area contributed by atoms with Crippen molar-refractivity contribution in [3.05, 3.63) is 35.2 Å². The highest BCUT2D eigenvalue weighted by Gasteiger charge is 2.19. The topological polar surface area (TPSA) is 98.3 Å². The molecule has 2 heterocycles. The summed E-state index contributed by atoms with van der Waals surface area (Å²) < 4.78 is 0. The van der Waals surface area contributed by atoms with Gasteiger partial charge in [0.15, 0.2) is 0 Å². The molecule has 0 atom stereocenters. The van der Waals surface area contributed by atoms with Crippen LogP contribution in [0.2, 0.25) is 0 Å². The standard InChI is InChI=1S/C15H11N3O3/c19-10-5-9-13(18-4-3-17-9)12-11(10)15(21)8-6-16-2-1-7(8)14(12)20/h1-2,5-6,19-21H,3-4H2. The van der Waals surface area contributed by atoms with Gasteiger partial charge in [-0.1, -0.05) is 0 Å². The van der Waals surface area contributed by atoms with Crippen molar-refractivity contribution < 1.29 is 15.3 Å². The Hall–Kier alpha value is -2.89. The van der Waals surface area contributed by atoms with E-state index in [4.69, 9.17) is 0 Å². The molecular formula is C15H11N3O3. The van der Waals surface area contributed by atoms with Crippen molar-refractivity contribution in [2.45, 2.75) is 0 Å². The predicted octanol–water partition coefficient (Wildman–Crippen LogP) is 0.758. The predicted molar refractivity (Wildman–Crippen MR) is 76.3 cm³/mol. The minimum absolute atomic E-state index is 0.0341. The molecule has 2 aromatic carbocycles. The van der Waals surface area contributed by atoms with E-state index in [1.807, 2.05) is 0 Å². The van der Waals surface area contributed by atoms with Gasteiger partial charge < -0.3 is 15.3 Å². The Bertz CT molecular complexity index is 1030. The Morgan fingerprint density at radius 1 is 0.905 bits per heavy atom. The highest BCUT2D eigenvalue weighted by Crippen LogP contribution is 2.42. The van der Waals surface area contributed by atoms with Crippen LogP contribution in [-0.4, -0.2) is 33.4 Å². The molecule has 4 rings (SSSR count). The molecule has 0 radical (unpaired) electrons. The molecule has 1 aromatic heterocycles. The molecule has 21 heavy (non-hydrogen) atoms. The van der Waals surface area contributed by atoms with Crippen LogP contribution in [-0.2, 0) is 0 Å². The molecule has 3 N–H and O–H groups in total. The van der Waals surface area contributed by atoms with Gasteiger partial charge in [0.25, 0.3) is 0 Å². The molecule has 0 bridgehead atoms. The summed E-state index contributed by atoms with van der Waals surface area (Å²) in [6.07, 6.45) is 2.98. The summed E-state index contributed by atoms with van der Waals surface area (Å²) in [7, 11) is 0. The zero-order valence-corrected chi connectivity index (χ0v) is 10.9. The van der Waals surface area contributed by atoms with Gasteiger partial charge in [0.2, 0.25) is 0 Å². The molecule has 1 aliphatic heterocycles. The number of nitrogens with zero attached hydrogens (tertiary/aromatic N) is 3. The van der Waals surface area contributed by atoms with Gasteiger partial charge in [-0.2, -0.15) is 0 Å². The molecule has 0 spiro atoms. The van der Waals surface area contributed by atoms with Crippen molar-refractivity contribution in [1.29, 1.82) is 0 Å². The maximum absolute atomic E-state index is 10.6. The molecule has 1 aliphatic rings. The lowest BCUT2D eigenvalue weighted by atomic mass is 10.00. The number of benzene rings is 2. The molecular weight excluding hydrogens is 270 g/mol. The van der Waals surface area contributed by atoms with E-state index in [0.29, 0.717) is 40.0 Å². The van der Waals surface area contributed by atoms with Gasteiger partial charge in [-0.15, -0.1) is 0 Å². The summed E-state index contributed by atoms with van der Waals surface area (Å²) in [4.78, 5) is 12.6. The minimum atomic E-state index is -0.136. The quantitative estimate of drug-likeness (QED) is 0.418. The average molecular weight is 281 g/mol. The van der Waals surface area contributed by atoms with Gasteiger partial charge in [-0.25, -0.2) is 0 Å². The average Bonchev–Trinajstić information content (AvgIpc) is 2.51. The lowest BCUT2D eigenvalue weighted by Crippen LogP contribution is -2.30. The van der Waals surface area contributed by atoms with Gasteiger partial charge in [0.05, 0.1) is 34.6 Å². The van der Waals surface area contributed by atoms with Crippen LogP contribution in [0.15, 0.2) is 34.5 Å². The number of aromatic hydroxyl groups is 3. The summed E-state index contributed by atoms with van der Waals surface area (Å²) in [5.74, 6) is -0.289. The van der Waals surface area contributed by atoms with E-state index in [1.165, 1.54) is 18.5 Å². The first kappa shape index (κ1) is 11.9. The van der Waals surface area contributed by atoms with Crippen LogP contribution in [0, 0.1) is 0 Å². The Balaban J connectivity index is 2.42. The van der Waals surface area contributed by atoms with Crippen LogP contribution < -0.4 is 10.7 Å². The second-order valence-electron chi connectivity index (χ2n) is 4.90. The number of fused-ring (bicyclic) bond motifs is 4. The first-order valence-electron chi connectivity index (χ1n) is 6.50. The number of phenolic OH excluding ortho intramolecular Hbond substituents is 3. The Kier molecular flexibility index (Phi) is 2.29. The molecule has 104 valence electrons. The summed E-state index contributed by atoms with van der Waals surface area (Å²) in [5, 5.41) is 33.6. The van der Waals surface area contributed by atoms with E-state index in [-0.39, 0.29) is 22.6 Å². The fourth-order valence-electron chi connectivity index (χ4n) is 2.79. The fraction of sp³-hybridized carbons (Fsp3) is 0.133. The molecule has 6 nitrogen and oxygen atoms in total. The first-order chi connectivity index (χ1) is 10.2. The molecule has 0 saturated carbocycles. The lowest BCUT2D eigenvalue weighted by molar-refractivity contribution is 0.462. The number of phenols is 3. The number of rotatable bonds is 0. The Morgan fingerprint density at radius 2 is 1.67 bits per heavy atom. The van der Waals surface area contributed by atoms with E-state index in [1.54, 1.807) is 6.07 Å². The summed E-state index contributed by atoms with van der Waals surface area (Å²) in [5.41, 5.74) is 0. The molecule has 3 aromatic rings. The van der Waals surface area contributed by atoms with Crippen LogP contribution in [0.5, 0.6) is 17.2 Å². The van der Waals surface area contributed by atoms with Crippen LogP contribution in [0.4, 0.5) is 0 Å². The maximum atomic E-state index is 10.6. The smallest absolute Gasteiger partial charge is 0.136 e. The second-order valence-corrected chi connectivity index (χ2v) is 4.90.